The molecule has 33 heavy (non-hydrogen) atoms. The van der Waals surface area contributed by atoms with E-state index < -0.39 is 0 Å². The van der Waals surface area contributed by atoms with E-state index >= 15 is 0 Å². The molecule has 5 nitrogen and oxygen atoms in total. The van der Waals surface area contributed by atoms with Crippen molar-refractivity contribution < 1.29 is 9.90 Å². The van der Waals surface area contributed by atoms with Crippen molar-refractivity contribution in [1.29, 1.82) is 0 Å². The predicted octanol–water partition coefficient (Wildman–Crippen LogP) is 6.23. The van der Waals surface area contributed by atoms with Gasteiger partial charge in [-0.25, -0.2) is 9.97 Å². The number of carbonyl (C=O) groups excluding carboxylic acids is 1. The van der Waals surface area contributed by atoms with Crippen molar-refractivity contribution in [3.8, 4) is 27.4 Å². The molecule has 0 fully saturated rings. The second-order valence-electron chi connectivity index (χ2n) is 9.35. The van der Waals surface area contributed by atoms with Gasteiger partial charge < -0.3 is 5.11 Å². The summed E-state index contributed by atoms with van der Waals surface area (Å²) in [6, 6.07) is 17.1. The normalized spacial score (nSPS) is 12.7. The number of thiophene rings is 1. The Hall–Kier alpha value is -3.51. The average Bonchev–Trinajstić information content (AvgIpc) is 3.24. The summed E-state index contributed by atoms with van der Waals surface area (Å²) >= 11 is 1.72. The Kier molecular flexibility index (Phi) is 5.25. The molecule has 0 spiro atoms. The van der Waals surface area contributed by atoms with Gasteiger partial charge >= 0.3 is 0 Å². The second-order valence-corrected chi connectivity index (χ2v) is 10.5. The maximum absolute atomic E-state index is 12.8. The fourth-order valence-electron chi connectivity index (χ4n) is 4.04. The largest absolute Gasteiger partial charge is 0.508 e. The monoisotopic (exact) mass is 455 g/mol. The summed E-state index contributed by atoms with van der Waals surface area (Å²) in [6.07, 6.45) is 3.61. The maximum atomic E-state index is 12.8. The number of phenolic OH excluding ortho intramolecular Hbond substituents is 1. The average molecular weight is 456 g/mol. The van der Waals surface area contributed by atoms with E-state index in [1.165, 1.54) is 10.4 Å². The predicted molar refractivity (Wildman–Crippen MR) is 133 cm³/mol. The van der Waals surface area contributed by atoms with Crippen LogP contribution in [0.2, 0.25) is 0 Å². The Balaban J connectivity index is 1.42. The van der Waals surface area contributed by atoms with Crippen LogP contribution in [0.5, 0.6) is 5.75 Å². The van der Waals surface area contributed by atoms with E-state index in [4.69, 9.17) is 4.98 Å². The molecule has 0 saturated carbocycles. The number of aromatic nitrogens is 2. The van der Waals surface area contributed by atoms with Crippen molar-refractivity contribution in [2.24, 2.45) is 0 Å². The molecule has 6 heteroatoms. The number of aromatic hydroxyl groups is 1. The minimum Gasteiger partial charge on any atom is -0.508 e. The van der Waals surface area contributed by atoms with Crippen LogP contribution in [0, 0.1) is 0 Å². The number of benzene rings is 2. The van der Waals surface area contributed by atoms with Crippen LogP contribution in [0.4, 0.5) is 5.95 Å². The highest BCUT2D eigenvalue weighted by molar-refractivity contribution is 7.16. The van der Waals surface area contributed by atoms with E-state index in [1.54, 1.807) is 23.5 Å². The Bertz CT molecular complexity index is 1350. The lowest BCUT2D eigenvalue weighted by Crippen LogP contribution is -2.16. The van der Waals surface area contributed by atoms with Crippen molar-refractivity contribution in [1.82, 2.24) is 9.97 Å². The SMILES string of the molecule is CC(C)(C)c1ccc(C(=O)Nc2ncc3c(n2)-c2cc(-c4cccc(O)c4)sc2CC3)cc1. The molecule has 2 N–H and O–H groups in total. The van der Waals surface area contributed by atoms with Gasteiger partial charge in [-0.15, -0.1) is 11.3 Å². The molecule has 166 valence electrons. The molecule has 2 aromatic heterocycles. The maximum Gasteiger partial charge on any atom is 0.258 e. The van der Waals surface area contributed by atoms with E-state index in [0.29, 0.717) is 11.5 Å². The Labute approximate surface area is 197 Å². The van der Waals surface area contributed by atoms with Crippen molar-refractivity contribution in [2.75, 3.05) is 5.32 Å². The van der Waals surface area contributed by atoms with Crippen molar-refractivity contribution in [2.45, 2.75) is 39.0 Å². The number of anilines is 1. The smallest absolute Gasteiger partial charge is 0.258 e. The minimum absolute atomic E-state index is 0.0339. The second kappa shape index (κ2) is 8.12. The lowest BCUT2D eigenvalue weighted by Gasteiger charge is -2.19. The van der Waals surface area contributed by atoms with Crippen molar-refractivity contribution >= 4 is 23.2 Å². The molecule has 5 rings (SSSR count). The number of nitrogens with one attached hydrogen (secondary N) is 1. The summed E-state index contributed by atoms with van der Waals surface area (Å²) in [5.74, 6) is 0.330. The third-order valence-corrected chi connectivity index (χ3v) is 7.16. The molecular weight excluding hydrogens is 430 g/mol. The fraction of sp³-hybridized carbons (Fsp3) is 0.222. The number of hydrogen-bond acceptors (Lipinski definition) is 5. The first-order valence-electron chi connectivity index (χ1n) is 11.0. The standard InChI is InChI=1S/C27H25N3O2S/c1-27(2,3)19-10-7-16(8-11-19)25(32)30-26-28-15-18-9-12-22-21(24(18)29-26)14-23(33-22)17-5-4-6-20(31)13-17/h4-8,10-11,13-15,31H,9,12H2,1-3H3,(H,28,29,30,32). The molecule has 1 aliphatic carbocycles. The third-order valence-electron chi connectivity index (χ3n) is 5.92. The van der Waals surface area contributed by atoms with Crippen LogP contribution in [0.15, 0.2) is 60.8 Å². The summed E-state index contributed by atoms with van der Waals surface area (Å²) in [7, 11) is 0. The molecule has 0 saturated heterocycles. The minimum atomic E-state index is -0.225. The molecular formula is C27H25N3O2S. The van der Waals surface area contributed by atoms with Crippen LogP contribution in [0.1, 0.15) is 47.1 Å². The highest BCUT2D eigenvalue weighted by Crippen LogP contribution is 2.42. The molecule has 0 aliphatic heterocycles. The van der Waals surface area contributed by atoms with E-state index in [0.717, 1.165) is 40.1 Å². The zero-order valence-electron chi connectivity index (χ0n) is 18.8. The number of rotatable bonds is 3. The summed E-state index contributed by atoms with van der Waals surface area (Å²) in [6.45, 7) is 6.44. The summed E-state index contributed by atoms with van der Waals surface area (Å²) < 4.78 is 0. The topological polar surface area (TPSA) is 75.1 Å². The van der Waals surface area contributed by atoms with Crippen LogP contribution in [0.3, 0.4) is 0 Å². The highest BCUT2D eigenvalue weighted by atomic mass is 32.1. The van der Waals surface area contributed by atoms with Crippen LogP contribution < -0.4 is 5.32 Å². The number of nitrogens with zero attached hydrogens (tertiary/aromatic N) is 2. The number of fused-ring (bicyclic) bond motifs is 3. The number of aryl methyl sites for hydroxylation is 2. The van der Waals surface area contributed by atoms with Gasteiger partial charge in [0, 0.05) is 27.1 Å². The van der Waals surface area contributed by atoms with Gasteiger partial charge in [0.25, 0.3) is 5.91 Å². The molecule has 0 bridgehead atoms. The first kappa shape index (κ1) is 21.3. The van der Waals surface area contributed by atoms with Crippen LogP contribution in [-0.4, -0.2) is 21.0 Å². The zero-order chi connectivity index (χ0) is 23.2. The van der Waals surface area contributed by atoms with Gasteiger partial charge in [0.15, 0.2) is 0 Å². The molecule has 1 aliphatic rings. The van der Waals surface area contributed by atoms with Gasteiger partial charge in [-0.1, -0.05) is 45.0 Å². The van der Waals surface area contributed by atoms with Gasteiger partial charge in [-0.05, 0) is 65.3 Å². The fourth-order valence-corrected chi connectivity index (χ4v) is 5.20. The molecule has 4 aromatic rings. The number of phenols is 1. The lowest BCUT2D eigenvalue weighted by atomic mass is 9.87. The van der Waals surface area contributed by atoms with E-state index in [2.05, 4.69) is 37.1 Å². The first-order chi connectivity index (χ1) is 15.8. The Morgan fingerprint density at radius 1 is 1.06 bits per heavy atom. The van der Waals surface area contributed by atoms with E-state index in [9.17, 15) is 9.90 Å². The quantitative estimate of drug-likeness (QED) is 0.384. The van der Waals surface area contributed by atoms with E-state index in [-0.39, 0.29) is 17.1 Å². The van der Waals surface area contributed by atoms with Crippen LogP contribution >= 0.6 is 11.3 Å². The molecule has 0 atom stereocenters. The van der Waals surface area contributed by atoms with Gasteiger partial charge in [0.1, 0.15) is 5.75 Å². The molecule has 2 heterocycles. The third kappa shape index (κ3) is 4.26. The summed E-state index contributed by atoms with van der Waals surface area (Å²) in [5.41, 5.74) is 5.79. The molecule has 0 radical (unpaired) electrons. The molecule has 2 aromatic carbocycles. The van der Waals surface area contributed by atoms with Gasteiger partial charge in [-0.2, -0.15) is 0 Å². The zero-order valence-corrected chi connectivity index (χ0v) is 19.7. The lowest BCUT2D eigenvalue weighted by molar-refractivity contribution is 0.102. The van der Waals surface area contributed by atoms with Gasteiger partial charge in [0.2, 0.25) is 5.95 Å². The van der Waals surface area contributed by atoms with Crippen LogP contribution in [-0.2, 0) is 18.3 Å². The van der Waals surface area contributed by atoms with Crippen molar-refractivity contribution in [3.63, 3.8) is 0 Å². The van der Waals surface area contributed by atoms with Gasteiger partial charge in [0.05, 0.1) is 5.69 Å². The van der Waals surface area contributed by atoms with Crippen molar-refractivity contribution in [3.05, 3.63) is 82.4 Å². The highest BCUT2D eigenvalue weighted by Gasteiger charge is 2.23. The molecule has 0 unspecified atom stereocenters. The molecule has 1 amide bonds. The Morgan fingerprint density at radius 3 is 2.58 bits per heavy atom. The van der Waals surface area contributed by atoms with E-state index in [1.807, 2.05) is 42.6 Å². The van der Waals surface area contributed by atoms with Gasteiger partial charge in [-0.3, -0.25) is 10.1 Å². The number of amides is 1. The first-order valence-corrected chi connectivity index (χ1v) is 11.8. The summed E-state index contributed by atoms with van der Waals surface area (Å²) in [4.78, 5) is 24.3. The van der Waals surface area contributed by atoms with Crippen LogP contribution in [0.25, 0.3) is 21.7 Å². The summed E-state index contributed by atoms with van der Waals surface area (Å²) in [5, 5.41) is 12.7. The Morgan fingerprint density at radius 2 is 1.85 bits per heavy atom. The number of carbonyl (C=O) groups is 1. The number of hydrogen-bond donors (Lipinski definition) is 2.